The molecule has 0 atom stereocenters. The van der Waals surface area contributed by atoms with E-state index in [0.717, 1.165) is 30.3 Å². The molecule has 0 radical (unpaired) electrons. The van der Waals surface area contributed by atoms with Crippen molar-refractivity contribution < 1.29 is 9.32 Å². The molecule has 0 spiro atoms. The van der Waals surface area contributed by atoms with E-state index in [-0.39, 0.29) is 23.8 Å². The summed E-state index contributed by atoms with van der Waals surface area (Å²) < 4.78 is 7.58. The van der Waals surface area contributed by atoms with Crippen molar-refractivity contribution in [2.75, 3.05) is 6.54 Å². The van der Waals surface area contributed by atoms with E-state index >= 15 is 0 Å². The van der Waals surface area contributed by atoms with E-state index in [1.54, 1.807) is 11.5 Å². The minimum Gasteiger partial charge on any atom is -0.355 e. The zero-order valence-corrected chi connectivity index (χ0v) is 17.5. The van der Waals surface area contributed by atoms with Gasteiger partial charge in [-0.3, -0.25) is 18.7 Å². The largest absolute Gasteiger partial charge is 0.355 e. The van der Waals surface area contributed by atoms with Gasteiger partial charge in [-0.05, 0) is 37.7 Å². The summed E-state index contributed by atoms with van der Waals surface area (Å²) in [6, 6.07) is 10.00. The van der Waals surface area contributed by atoms with E-state index in [9.17, 15) is 14.4 Å². The van der Waals surface area contributed by atoms with Crippen LogP contribution in [-0.4, -0.2) is 31.7 Å². The number of amides is 1. The smallest absolute Gasteiger partial charge is 0.331 e. The molecular weight excluding hydrogens is 398 g/mol. The fourth-order valence-corrected chi connectivity index (χ4v) is 3.92. The van der Waals surface area contributed by atoms with E-state index in [0.29, 0.717) is 31.1 Å². The maximum Gasteiger partial charge on any atom is 0.331 e. The van der Waals surface area contributed by atoms with Gasteiger partial charge in [0.1, 0.15) is 12.1 Å². The van der Waals surface area contributed by atoms with E-state index in [1.807, 2.05) is 30.3 Å². The maximum absolute atomic E-state index is 13.2. The van der Waals surface area contributed by atoms with Crippen molar-refractivity contribution >= 4 is 5.91 Å². The Morgan fingerprint density at radius 2 is 2.00 bits per heavy atom. The van der Waals surface area contributed by atoms with Gasteiger partial charge < -0.3 is 9.84 Å². The second kappa shape index (κ2) is 9.11. The van der Waals surface area contributed by atoms with Crippen molar-refractivity contribution in [2.45, 2.75) is 52.1 Å². The summed E-state index contributed by atoms with van der Waals surface area (Å²) in [5.74, 6) is 0.113. The van der Waals surface area contributed by atoms with Crippen LogP contribution in [0.2, 0.25) is 0 Å². The highest BCUT2D eigenvalue weighted by molar-refractivity contribution is 5.75. The van der Waals surface area contributed by atoms with Gasteiger partial charge in [0.15, 0.2) is 0 Å². The average Bonchev–Trinajstić information content (AvgIpc) is 3.21. The first-order chi connectivity index (χ1) is 15.0. The Hall–Kier alpha value is -3.49. The second-order valence-corrected chi connectivity index (χ2v) is 7.68. The highest BCUT2D eigenvalue weighted by Gasteiger charge is 2.26. The van der Waals surface area contributed by atoms with Crippen LogP contribution in [0.5, 0.6) is 0 Å². The zero-order chi connectivity index (χ0) is 21.8. The molecule has 0 fully saturated rings. The highest BCUT2D eigenvalue weighted by atomic mass is 16.5. The molecule has 1 N–H and O–H groups in total. The van der Waals surface area contributed by atoms with Gasteiger partial charge in [-0.25, -0.2) is 4.79 Å². The van der Waals surface area contributed by atoms with E-state index in [2.05, 4.69) is 15.5 Å². The van der Waals surface area contributed by atoms with Gasteiger partial charge in [-0.1, -0.05) is 35.5 Å². The first-order valence-corrected chi connectivity index (χ1v) is 10.5. The van der Waals surface area contributed by atoms with Gasteiger partial charge in [0.2, 0.25) is 17.6 Å². The number of carbonyl (C=O) groups is 1. The summed E-state index contributed by atoms with van der Waals surface area (Å²) >= 11 is 0. The van der Waals surface area contributed by atoms with Crippen molar-refractivity contribution in [1.82, 2.24) is 24.6 Å². The van der Waals surface area contributed by atoms with Crippen molar-refractivity contribution in [3.05, 3.63) is 68.3 Å². The van der Waals surface area contributed by atoms with Crippen LogP contribution in [0, 0.1) is 6.92 Å². The SMILES string of the molecule is Cc1nc(-c2c3n(c(=O)n(CC(=O)NCCCc4ccccc4)c2=O)CCCC3)no1. The quantitative estimate of drug-likeness (QED) is 0.576. The third kappa shape index (κ3) is 4.50. The van der Waals surface area contributed by atoms with E-state index in [4.69, 9.17) is 4.52 Å². The Bertz CT molecular complexity index is 1190. The molecule has 162 valence electrons. The van der Waals surface area contributed by atoms with Crippen LogP contribution < -0.4 is 16.6 Å². The monoisotopic (exact) mass is 423 g/mol. The van der Waals surface area contributed by atoms with Crippen LogP contribution in [-0.2, 0) is 30.7 Å². The van der Waals surface area contributed by atoms with Crippen molar-refractivity contribution in [3.8, 4) is 11.4 Å². The molecule has 1 aliphatic heterocycles. The number of nitrogens with one attached hydrogen (secondary N) is 1. The number of nitrogens with zero attached hydrogens (tertiary/aromatic N) is 4. The molecule has 0 saturated carbocycles. The molecule has 0 aliphatic carbocycles. The standard InChI is InChI=1S/C22H25N5O4/c1-15-24-20(25-31-15)19-17-11-5-6-13-26(17)22(30)27(21(19)29)14-18(28)23-12-7-10-16-8-3-2-4-9-16/h2-4,8-9H,5-7,10-14H2,1H3,(H,23,28). The molecule has 0 saturated heterocycles. The van der Waals surface area contributed by atoms with Crippen LogP contribution >= 0.6 is 0 Å². The lowest BCUT2D eigenvalue weighted by Gasteiger charge is -2.21. The van der Waals surface area contributed by atoms with Gasteiger partial charge in [0, 0.05) is 25.7 Å². The zero-order valence-electron chi connectivity index (χ0n) is 17.5. The normalized spacial score (nSPS) is 13.1. The lowest BCUT2D eigenvalue weighted by atomic mass is 10.0. The van der Waals surface area contributed by atoms with Crippen LogP contribution in [0.1, 0.15) is 36.4 Å². The summed E-state index contributed by atoms with van der Waals surface area (Å²) in [5.41, 5.74) is 1.03. The third-order valence-electron chi connectivity index (χ3n) is 5.44. The Labute approximate surface area is 178 Å². The fraction of sp³-hybridized carbons (Fsp3) is 0.409. The Morgan fingerprint density at radius 3 is 2.74 bits per heavy atom. The van der Waals surface area contributed by atoms with Crippen LogP contribution in [0.25, 0.3) is 11.4 Å². The number of carbonyl (C=O) groups excluding carboxylic acids is 1. The lowest BCUT2D eigenvalue weighted by molar-refractivity contribution is -0.121. The fourth-order valence-electron chi connectivity index (χ4n) is 3.92. The number of benzene rings is 1. The first kappa shape index (κ1) is 20.8. The molecule has 1 aromatic carbocycles. The van der Waals surface area contributed by atoms with E-state index in [1.165, 1.54) is 5.56 Å². The summed E-state index contributed by atoms with van der Waals surface area (Å²) in [4.78, 5) is 42.8. The molecule has 0 bridgehead atoms. The Morgan fingerprint density at radius 1 is 1.19 bits per heavy atom. The summed E-state index contributed by atoms with van der Waals surface area (Å²) in [6.07, 6.45) is 3.89. The topological polar surface area (TPSA) is 112 Å². The van der Waals surface area contributed by atoms with Crippen LogP contribution in [0.15, 0.2) is 44.4 Å². The number of fused-ring (bicyclic) bond motifs is 1. The number of hydrogen-bond acceptors (Lipinski definition) is 6. The highest BCUT2D eigenvalue weighted by Crippen LogP contribution is 2.21. The molecule has 2 aromatic heterocycles. The summed E-state index contributed by atoms with van der Waals surface area (Å²) in [7, 11) is 0. The molecule has 1 amide bonds. The maximum atomic E-state index is 13.2. The van der Waals surface area contributed by atoms with Gasteiger partial charge in [0.05, 0.1) is 0 Å². The molecular formula is C22H25N5O4. The summed E-state index contributed by atoms with van der Waals surface area (Å²) in [6.45, 7) is 2.26. The molecule has 3 heterocycles. The minimum atomic E-state index is -0.557. The molecule has 31 heavy (non-hydrogen) atoms. The third-order valence-corrected chi connectivity index (χ3v) is 5.44. The predicted molar refractivity (Wildman–Crippen MR) is 114 cm³/mol. The number of aryl methyl sites for hydroxylation is 2. The van der Waals surface area contributed by atoms with Gasteiger partial charge >= 0.3 is 5.69 Å². The van der Waals surface area contributed by atoms with Crippen molar-refractivity contribution in [3.63, 3.8) is 0 Å². The van der Waals surface area contributed by atoms with E-state index < -0.39 is 11.2 Å². The average molecular weight is 423 g/mol. The van der Waals surface area contributed by atoms with Crippen LogP contribution in [0.3, 0.4) is 0 Å². The van der Waals surface area contributed by atoms with Crippen molar-refractivity contribution in [2.24, 2.45) is 0 Å². The molecule has 4 rings (SSSR count). The molecule has 3 aromatic rings. The van der Waals surface area contributed by atoms with Gasteiger partial charge in [0.25, 0.3) is 5.56 Å². The molecule has 9 nitrogen and oxygen atoms in total. The van der Waals surface area contributed by atoms with Gasteiger partial charge in [-0.15, -0.1) is 0 Å². The number of rotatable bonds is 7. The van der Waals surface area contributed by atoms with Gasteiger partial charge in [-0.2, -0.15) is 4.98 Å². The number of aromatic nitrogens is 4. The minimum absolute atomic E-state index is 0.158. The summed E-state index contributed by atoms with van der Waals surface area (Å²) in [5, 5.41) is 6.68. The number of hydrogen-bond donors (Lipinski definition) is 1. The molecule has 1 aliphatic rings. The molecule has 9 heteroatoms. The predicted octanol–water partition coefficient (Wildman–Crippen LogP) is 1.45. The Balaban J connectivity index is 1.53. The molecule has 0 unspecified atom stereocenters. The van der Waals surface area contributed by atoms with Crippen molar-refractivity contribution in [1.29, 1.82) is 0 Å². The Kier molecular flexibility index (Phi) is 6.11. The second-order valence-electron chi connectivity index (χ2n) is 7.68. The first-order valence-electron chi connectivity index (χ1n) is 10.5. The lowest BCUT2D eigenvalue weighted by Crippen LogP contribution is -2.46. The van der Waals surface area contributed by atoms with Crippen LogP contribution in [0.4, 0.5) is 0 Å².